The summed E-state index contributed by atoms with van der Waals surface area (Å²) >= 11 is 5.14. The summed E-state index contributed by atoms with van der Waals surface area (Å²) in [6.45, 7) is 1.81. The molecule has 4 nitrogen and oxygen atoms in total. The van der Waals surface area contributed by atoms with E-state index in [1.807, 2.05) is 0 Å². The van der Waals surface area contributed by atoms with Gasteiger partial charge in [0.1, 0.15) is 5.82 Å². The number of likely N-dealkylation sites (N-methyl/N-ethyl adjacent to an activating group) is 1. The molecule has 0 saturated carbocycles. The molecule has 2 rings (SSSR count). The van der Waals surface area contributed by atoms with Crippen molar-refractivity contribution in [2.24, 2.45) is 0 Å². The van der Waals surface area contributed by atoms with Crippen LogP contribution >= 0.6 is 12.2 Å². The van der Waals surface area contributed by atoms with Gasteiger partial charge in [-0.2, -0.15) is 0 Å². The molecule has 1 aromatic rings. The standard InChI is InChI=1S/C14H16FN3OS/c1-8-11(13(19)18(2)3)12(17-14(20)16-8)9-4-6-10(15)7-5-9/h4-7,12H,1-3H3,(H2,16,17,20). The van der Waals surface area contributed by atoms with E-state index in [1.165, 1.54) is 17.0 Å². The van der Waals surface area contributed by atoms with E-state index in [1.54, 1.807) is 33.2 Å². The molecule has 1 aromatic carbocycles. The number of hydrogen-bond donors (Lipinski definition) is 2. The Morgan fingerprint density at radius 3 is 2.45 bits per heavy atom. The van der Waals surface area contributed by atoms with Gasteiger partial charge in [-0.25, -0.2) is 4.39 Å². The summed E-state index contributed by atoms with van der Waals surface area (Å²) in [6.07, 6.45) is 0. The van der Waals surface area contributed by atoms with Crippen LogP contribution in [0.2, 0.25) is 0 Å². The molecule has 1 aliphatic rings. The average molecular weight is 293 g/mol. The minimum Gasteiger partial charge on any atom is -0.351 e. The van der Waals surface area contributed by atoms with E-state index in [9.17, 15) is 9.18 Å². The van der Waals surface area contributed by atoms with Crippen LogP contribution in [0.1, 0.15) is 18.5 Å². The van der Waals surface area contributed by atoms with Crippen LogP contribution in [-0.2, 0) is 4.79 Å². The van der Waals surface area contributed by atoms with E-state index >= 15 is 0 Å². The van der Waals surface area contributed by atoms with E-state index in [4.69, 9.17) is 12.2 Å². The summed E-state index contributed by atoms with van der Waals surface area (Å²) in [5, 5.41) is 6.47. The lowest BCUT2D eigenvalue weighted by Gasteiger charge is -2.31. The van der Waals surface area contributed by atoms with Gasteiger partial charge in [-0.05, 0) is 36.8 Å². The van der Waals surface area contributed by atoms with Crippen LogP contribution in [-0.4, -0.2) is 30.0 Å². The van der Waals surface area contributed by atoms with Gasteiger partial charge in [0.05, 0.1) is 11.6 Å². The van der Waals surface area contributed by atoms with Crippen molar-refractivity contribution in [2.45, 2.75) is 13.0 Å². The van der Waals surface area contributed by atoms with Crippen molar-refractivity contribution in [1.29, 1.82) is 0 Å². The molecular weight excluding hydrogens is 277 g/mol. The Morgan fingerprint density at radius 2 is 1.90 bits per heavy atom. The summed E-state index contributed by atoms with van der Waals surface area (Å²) in [4.78, 5) is 13.8. The van der Waals surface area contributed by atoms with Crippen molar-refractivity contribution in [3.63, 3.8) is 0 Å². The fourth-order valence-corrected chi connectivity index (χ4v) is 2.39. The molecule has 1 heterocycles. The summed E-state index contributed by atoms with van der Waals surface area (Å²) in [5.74, 6) is -0.425. The van der Waals surface area contributed by atoms with E-state index in [-0.39, 0.29) is 17.8 Å². The second-order valence-electron chi connectivity index (χ2n) is 4.82. The number of carbonyl (C=O) groups is 1. The van der Waals surface area contributed by atoms with Gasteiger partial charge in [-0.1, -0.05) is 12.1 Å². The number of hydrogen-bond acceptors (Lipinski definition) is 2. The Kier molecular flexibility index (Phi) is 4.04. The third-order valence-electron chi connectivity index (χ3n) is 3.11. The second-order valence-corrected chi connectivity index (χ2v) is 5.23. The van der Waals surface area contributed by atoms with Crippen LogP contribution < -0.4 is 10.6 Å². The van der Waals surface area contributed by atoms with Gasteiger partial charge in [0, 0.05) is 19.8 Å². The summed E-state index contributed by atoms with van der Waals surface area (Å²) in [6, 6.07) is 5.66. The van der Waals surface area contributed by atoms with Crippen LogP contribution in [0.5, 0.6) is 0 Å². The smallest absolute Gasteiger partial charge is 0.253 e. The maximum atomic E-state index is 13.0. The molecule has 0 bridgehead atoms. The van der Waals surface area contributed by atoms with Crippen LogP contribution in [0.3, 0.4) is 0 Å². The summed E-state index contributed by atoms with van der Waals surface area (Å²) < 4.78 is 13.0. The molecule has 1 amide bonds. The van der Waals surface area contributed by atoms with E-state index in [0.717, 1.165) is 5.56 Å². The van der Waals surface area contributed by atoms with Crippen molar-refractivity contribution in [3.05, 3.63) is 46.9 Å². The van der Waals surface area contributed by atoms with Crippen molar-refractivity contribution in [2.75, 3.05) is 14.1 Å². The maximum absolute atomic E-state index is 13.0. The molecule has 1 aliphatic heterocycles. The molecule has 106 valence electrons. The third kappa shape index (κ3) is 2.80. The quantitative estimate of drug-likeness (QED) is 0.815. The lowest BCUT2D eigenvalue weighted by molar-refractivity contribution is -0.125. The van der Waals surface area contributed by atoms with Crippen LogP contribution in [0, 0.1) is 5.82 Å². The highest BCUT2D eigenvalue weighted by atomic mass is 32.1. The highest BCUT2D eigenvalue weighted by Crippen LogP contribution is 2.27. The lowest BCUT2D eigenvalue weighted by Crippen LogP contribution is -2.46. The van der Waals surface area contributed by atoms with Gasteiger partial charge in [0.2, 0.25) is 0 Å². The number of carbonyl (C=O) groups excluding carboxylic acids is 1. The largest absolute Gasteiger partial charge is 0.351 e. The minimum absolute atomic E-state index is 0.112. The Bertz CT molecular complexity index is 581. The van der Waals surface area contributed by atoms with Crippen LogP contribution in [0.15, 0.2) is 35.5 Å². The van der Waals surface area contributed by atoms with Gasteiger partial charge in [-0.3, -0.25) is 4.79 Å². The number of allylic oxidation sites excluding steroid dienone is 1. The highest BCUT2D eigenvalue weighted by Gasteiger charge is 2.30. The molecule has 2 N–H and O–H groups in total. The van der Waals surface area contributed by atoms with Crippen LogP contribution in [0.25, 0.3) is 0 Å². The average Bonchev–Trinajstić information content (AvgIpc) is 2.38. The van der Waals surface area contributed by atoms with Gasteiger partial charge in [0.25, 0.3) is 5.91 Å². The van der Waals surface area contributed by atoms with Crippen molar-refractivity contribution in [3.8, 4) is 0 Å². The topological polar surface area (TPSA) is 44.4 Å². The van der Waals surface area contributed by atoms with E-state index in [2.05, 4.69) is 10.6 Å². The number of amides is 1. The molecule has 0 radical (unpaired) electrons. The van der Waals surface area contributed by atoms with Gasteiger partial charge in [-0.15, -0.1) is 0 Å². The van der Waals surface area contributed by atoms with Gasteiger partial charge >= 0.3 is 0 Å². The first-order valence-electron chi connectivity index (χ1n) is 6.15. The minimum atomic E-state index is -0.376. The number of rotatable bonds is 2. The molecule has 20 heavy (non-hydrogen) atoms. The Hall–Kier alpha value is -1.95. The van der Waals surface area contributed by atoms with Crippen molar-refractivity contribution < 1.29 is 9.18 Å². The number of benzene rings is 1. The van der Waals surface area contributed by atoms with Gasteiger partial charge in [0.15, 0.2) is 5.11 Å². The molecule has 0 spiro atoms. The molecule has 6 heteroatoms. The second kappa shape index (κ2) is 5.58. The van der Waals surface area contributed by atoms with Crippen molar-refractivity contribution >= 4 is 23.2 Å². The zero-order valence-corrected chi connectivity index (χ0v) is 12.3. The van der Waals surface area contributed by atoms with Crippen molar-refractivity contribution in [1.82, 2.24) is 15.5 Å². The normalized spacial score (nSPS) is 18.4. The number of nitrogens with one attached hydrogen (secondary N) is 2. The molecule has 0 aliphatic carbocycles. The molecule has 0 aromatic heterocycles. The first kappa shape index (κ1) is 14.5. The molecule has 0 saturated heterocycles. The Labute approximate surface area is 122 Å². The zero-order chi connectivity index (χ0) is 14.9. The Morgan fingerprint density at radius 1 is 1.30 bits per heavy atom. The molecule has 0 fully saturated rings. The predicted molar refractivity (Wildman–Crippen MR) is 79.4 cm³/mol. The molecule has 1 atom stereocenters. The SMILES string of the molecule is CC1=C(C(=O)N(C)C)C(c2ccc(F)cc2)NC(=S)N1. The lowest BCUT2D eigenvalue weighted by atomic mass is 9.95. The number of nitrogens with zero attached hydrogens (tertiary/aromatic N) is 1. The number of halogens is 1. The molecule has 1 unspecified atom stereocenters. The van der Waals surface area contributed by atoms with Gasteiger partial charge < -0.3 is 15.5 Å². The predicted octanol–water partition coefficient (Wildman–Crippen LogP) is 1.71. The molecular formula is C14H16FN3OS. The number of thiocarbonyl (C=S) groups is 1. The first-order chi connectivity index (χ1) is 9.40. The fraction of sp³-hybridized carbons (Fsp3) is 0.286. The third-order valence-corrected chi connectivity index (χ3v) is 3.33. The highest BCUT2D eigenvalue weighted by molar-refractivity contribution is 7.80. The zero-order valence-electron chi connectivity index (χ0n) is 11.5. The van der Waals surface area contributed by atoms with Crippen LogP contribution in [0.4, 0.5) is 4.39 Å². The van der Waals surface area contributed by atoms with E-state index in [0.29, 0.717) is 16.4 Å². The first-order valence-corrected chi connectivity index (χ1v) is 6.56. The Balaban J connectivity index is 2.47. The summed E-state index contributed by atoms with van der Waals surface area (Å²) in [7, 11) is 3.38. The maximum Gasteiger partial charge on any atom is 0.253 e. The van der Waals surface area contributed by atoms with E-state index < -0.39 is 0 Å². The summed E-state index contributed by atoms with van der Waals surface area (Å²) in [5.41, 5.74) is 2.08. The fourth-order valence-electron chi connectivity index (χ4n) is 2.12. The monoisotopic (exact) mass is 293 g/mol.